The maximum Gasteiger partial charge on any atom is 0.220 e. The molecule has 4 nitrogen and oxygen atoms in total. The van der Waals surface area contributed by atoms with E-state index < -0.39 is 0 Å². The average Bonchev–Trinajstić information content (AvgIpc) is 3.33. The third-order valence-corrected chi connectivity index (χ3v) is 5.29. The molecule has 0 spiro atoms. The Bertz CT molecular complexity index is 871. The fourth-order valence-corrected chi connectivity index (χ4v) is 3.81. The normalized spacial score (nSPS) is 16.9. The Morgan fingerprint density at radius 1 is 1.12 bits per heavy atom. The topological polar surface area (TPSA) is 48.1 Å². The molecule has 1 aromatic heterocycles. The molecule has 1 aliphatic heterocycles. The number of hydrogen-bond donors (Lipinski definition) is 2. The second kappa shape index (κ2) is 7.65. The zero-order chi connectivity index (χ0) is 17.8. The summed E-state index contributed by atoms with van der Waals surface area (Å²) in [6.07, 6.45) is 4.47. The quantitative estimate of drug-likeness (QED) is 0.713. The zero-order valence-electron chi connectivity index (χ0n) is 14.9. The van der Waals surface area contributed by atoms with Gasteiger partial charge in [0, 0.05) is 48.8 Å². The van der Waals surface area contributed by atoms with Crippen molar-refractivity contribution in [3.05, 3.63) is 66.4 Å². The summed E-state index contributed by atoms with van der Waals surface area (Å²) in [5.74, 6) is 0.681. The number of aromatic amines is 1. The highest BCUT2D eigenvalue weighted by Crippen LogP contribution is 2.23. The summed E-state index contributed by atoms with van der Waals surface area (Å²) < 4.78 is 0. The van der Waals surface area contributed by atoms with E-state index in [-0.39, 0.29) is 5.91 Å². The van der Waals surface area contributed by atoms with Gasteiger partial charge in [-0.2, -0.15) is 0 Å². The number of amides is 1. The molecule has 0 radical (unpaired) electrons. The molecule has 4 rings (SSSR count). The number of anilines is 1. The van der Waals surface area contributed by atoms with Crippen LogP contribution in [0.15, 0.2) is 60.8 Å². The lowest BCUT2D eigenvalue weighted by molar-refractivity contribution is -0.121. The molecule has 0 saturated carbocycles. The second-order valence-electron chi connectivity index (χ2n) is 7.10. The highest BCUT2D eigenvalue weighted by atomic mass is 16.1. The summed E-state index contributed by atoms with van der Waals surface area (Å²) in [6, 6.07) is 18.8. The SMILES string of the molecule is O=C(CCc1c[nH]c2ccccc12)NC[C@@H]1CCN(c2ccccc2)C1. The standard InChI is InChI=1S/C22H25N3O/c26-22(11-10-18-15-23-21-9-5-4-8-20(18)21)24-14-17-12-13-25(16-17)19-6-2-1-3-7-19/h1-9,15,17,23H,10-14,16H2,(H,24,26)/t17-/m0/s1. The zero-order valence-corrected chi connectivity index (χ0v) is 14.9. The summed E-state index contributed by atoms with van der Waals surface area (Å²) in [4.78, 5) is 17.9. The predicted octanol–water partition coefficient (Wildman–Crippen LogP) is 3.74. The van der Waals surface area contributed by atoms with Gasteiger partial charge in [0.2, 0.25) is 5.91 Å². The molecule has 1 aliphatic rings. The molecule has 2 aromatic carbocycles. The van der Waals surface area contributed by atoms with E-state index in [9.17, 15) is 4.79 Å². The highest BCUT2D eigenvalue weighted by molar-refractivity contribution is 5.84. The van der Waals surface area contributed by atoms with Gasteiger partial charge in [-0.15, -0.1) is 0 Å². The molecule has 1 amide bonds. The molecule has 4 heteroatoms. The van der Waals surface area contributed by atoms with Crippen LogP contribution < -0.4 is 10.2 Å². The number of nitrogens with one attached hydrogen (secondary N) is 2. The number of carbonyl (C=O) groups excluding carboxylic acids is 1. The fourth-order valence-electron chi connectivity index (χ4n) is 3.81. The van der Waals surface area contributed by atoms with E-state index in [1.165, 1.54) is 16.6 Å². The van der Waals surface area contributed by atoms with Crippen LogP contribution in [0.2, 0.25) is 0 Å². The first-order chi connectivity index (χ1) is 12.8. The van der Waals surface area contributed by atoms with Crippen molar-refractivity contribution in [1.82, 2.24) is 10.3 Å². The minimum atomic E-state index is 0.147. The molecule has 0 unspecified atom stereocenters. The number of para-hydroxylation sites is 2. The minimum absolute atomic E-state index is 0.147. The first-order valence-electron chi connectivity index (χ1n) is 9.41. The second-order valence-corrected chi connectivity index (χ2v) is 7.10. The Kier molecular flexibility index (Phi) is 4.91. The van der Waals surface area contributed by atoms with Crippen molar-refractivity contribution < 1.29 is 4.79 Å². The maximum absolute atomic E-state index is 12.2. The predicted molar refractivity (Wildman–Crippen MR) is 106 cm³/mol. The van der Waals surface area contributed by atoms with Gasteiger partial charge in [0.25, 0.3) is 0 Å². The number of nitrogens with zero attached hydrogens (tertiary/aromatic N) is 1. The van der Waals surface area contributed by atoms with Crippen LogP contribution in [0.25, 0.3) is 10.9 Å². The first-order valence-corrected chi connectivity index (χ1v) is 9.41. The molecule has 134 valence electrons. The maximum atomic E-state index is 12.2. The van der Waals surface area contributed by atoms with Crippen LogP contribution in [0.5, 0.6) is 0 Å². The van der Waals surface area contributed by atoms with Crippen LogP contribution in [0.3, 0.4) is 0 Å². The van der Waals surface area contributed by atoms with Gasteiger partial charge in [0.1, 0.15) is 0 Å². The van der Waals surface area contributed by atoms with Gasteiger partial charge in [0.15, 0.2) is 0 Å². The lowest BCUT2D eigenvalue weighted by atomic mass is 10.1. The number of H-pyrrole nitrogens is 1. The molecule has 1 atom stereocenters. The largest absolute Gasteiger partial charge is 0.371 e. The van der Waals surface area contributed by atoms with Crippen molar-refractivity contribution >= 4 is 22.5 Å². The lowest BCUT2D eigenvalue weighted by Gasteiger charge is -2.18. The molecular formula is C22H25N3O. The van der Waals surface area contributed by atoms with Gasteiger partial charge in [-0.05, 0) is 42.5 Å². The number of hydrogen-bond acceptors (Lipinski definition) is 2. The Hall–Kier alpha value is -2.75. The van der Waals surface area contributed by atoms with E-state index in [1.807, 2.05) is 24.4 Å². The van der Waals surface area contributed by atoms with Crippen molar-refractivity contribution in [3.8, 4) is 0 Å². The molecule has 2 N–H and O–H groups in total. The van der Waals surface area contributed by atoms with E-state index in [1.54, 1.807) is 0 Å². The van der Waals surface area contributed by atoms with Crippen LogP contribution >= 0.6 is 0 Å². The van der Waals surface area contributed by atoms with Crippen molar-refractivity contribution in [2.24, 2.45) is 5.92 Å². The molecule has 0 aliphatic carbocycles. The summed E-state index contributed by atoms with van der Waals surface area (Å²) >= 11 is 0. The van der Waals surface area contributed by atoms with Crippen molar-refractivity contribution in [3.63, 3.8) is 0 Å². The molecular weight excluding hydrogens is 322 g/mol. The summed E-state index contributed by atoms with van der Waals surface area (Å²) in [5, 5.41) is 4.35. The van der Waals surface area contributed by atoms with Crippen molar-refractivity contribution in [1.29, 1.82) is 0 Å². The summed E-state index contributed by atoms with van der Waals surface area (Å²) in [6.45, 7) is 2.86. The Morgan fingerprint density at radius 2 is 1.92 bits per heavy atom. The fraction of sp³-hybridized carbons (Fsp3) is 0.318. The van der Waals surface area contributed by atoms with Gasteiger partial charge in [-0.1, -0.05) is 36.4 Å². The summed E-state index contributed by atoms with van der Waals surface area (Å²) in [7, 11) is 0. The Balaban J connectivity index is 1.23. The van der Waals surface area contributed by atoms with Gasteiger partial charge >= 0.3 is 0 Å². The number of aromatic nitrogens is 1. The molecule has 1 saturated heterocycles. The number of aryl methyl sites for hydroxylation is 1. The molecule has 2 heterocycles. The van der Waals surface area contributed by atoms with E-state index in [4.69, 9.17) is 0 Å². The molecule has 26 heavy (non-hydrogen) atoms. The van der Waals surface area contributed by atoms with Crippen molar-refractivity contribution in [2.75, 3.05) is 24.5 Å². The van der Waals surface area contributed by atoms with Gasteiger partial charge in [0.05, 0.1) is 0 Å². The Morgan fingerprint density at radius 3 is 2.81 bits per heavy atom. The van der Waals surface area contributed by atoms with Gasteiger partial charge in [-0.25, -0.2) is 0 Å². The van der Waals surface area contributed by atoms with E-state index in [2.05, 4.69) is 51.6 Å². The van der Waals surface area contributed by atoms with Crippen LogP contribution in [0.1, 0.15) is 18.4 Å². The first kappa shape index (κ1) is 16.7. The molecule has 1 fully saturated rings. The minimum Gasteiger partial charge on any atom is -0.371 e. The number of rotatable bonds is 6. The monoisotopic (exact) mass is 347 g/mol. The average molecular weight is 347 g/mol. The molecule has 3 aromatic rings. The van der Waals surface area contributed by atoms with Gasteiger partial charge < -0.3 is 15.2 Å². The van der Waals surface area contributed by atoms with Crippen LogP contribution in [0, 0.1) is 5.92 Å². The van der Waals surface area contributed by atoms with Crippen LogP contribution in [0.4, 0.5) is 5.69 Å². The molecule has 0 bridgehead atoms. The van der Waals surface area contributed by atoms with E-state index in [0.29, 0.717) is 12.3 Å². The smallest absolute Gasteiger partial charge is 0.220 e. The third kappa shape index (κ3) is 3.74. The number of benzene rings is 2. The van der Waals surface area contributed by atoms with E-state index >= 15 is 0 Å². The summed E-state index contributed by atoms with van der Waals surface area (Å²) in [5.41, 5.74) is 3.63. The van der Waals surface area contributed by atoms with Gasteiger partial charge in [-0.3, -0.25) is 4.79 Å². The van der Waals surface area contributed by atoms with Crippen LogP contribution in [-0.2, 0) is 11.2 Å². The Labute approximate surface area is 154 Å². The van der Waals surface area contributed by atoms with E-state index in [0.717, 1.165) is 38.0 Å². The lowest BCUT2D eigenvalue weighted by Crippen LogP contribution is -2.31. The highest BCUT2D eigenvalue weighted by Gasteiger charge is 2.22. The number of fused-ring (bicyclic) bond motifs is 1. The van der Waals surface area contributed by atoms with Crippen LogP contribution in [-0.4, -0.2) is 30.5 Å². The number of carbonyl (C=O) groups is 1. The third-order valence-electron chi connectivity index (χ3n) is 5.29. The van der Waals surface area contributed by atoms with Crippen molar-refractivity contribution in [2.45, 2.75) is 19.3 Å².